The molecule has 0 aliphatic heterocycles. The van der Waals surface area contributed by atoms with E-state index in [2.05, 4.69) is 28.5 Å². The molecule has 0 atom stereocenters. The summed E-state index contributed by atoms with van der Waals surface area (Å²) in [6, 6.07) is 7.71. The molecular weight excluding hydrogens is 342 g/mol. The van der Waals surface area contributed by atoms with Gasteiger partial charge in [-0.15, -0.1) is 0 Å². The van der Waals surface area contributed by atoms with Crippen LogP contribution in [0.4, 0.5) is 5.82 Å². The number of hydrogen-bond acceptors (Lipinski definition) is 4. The molecule has 0 saturated heterocycles. The van der Waals surface area contributed by atoms with Crippen molar-refractivity contribution in [3.8, 4) is 0 Å². The molecule has 2 aromatic heterocycles. The zero-order valence-corrected chi connectivity index (χ0v) is 16.0. The first-order valence-electron chi connectivity index (χ1n) is 9.01. The van der Waals surface area contributed by atoms with Crippen LogP contribution in [-0.4, -0.2) is 25.2 Å². The topological polar surface area (TPSA) is 73.8 Å². The first-order valence-corrected chi connectivity index (χ1v) is 9.01. The predicted octanol–water partition coefficient (Wildman–Crippen LogP) is 1.91. The quantitative estimate of drug-likeness (QED) is 0.648. The highest BCUT2D eigenvalue weighted by atomic mass is 16.2. The van der Waals surface area contributed by atoms with Crippen LogP contribution in [-0.2, 0) is 20.1 Å². The van der Waals surface area contributed by atoms with Crippen LogP contribution in [0, 0.1) is 13.8 Å². The van der Waals surface area contributed by atoms with Gasteiger partial charge in [-0.2, -0.15) is 0 Å². The summed E-state index contributed by atoms with van der Waals surface area (Å²) in [5.41, 5.74) is 2.71. The van der Waals surface area contributed by atoms with Gasteiger partial charge in [-0.3, -0.25) is 13.9 Å². The molecule has 1 aromatic carbocycles. The van der Waals surface area contributed by atoms with E-state index >= 15 is 0 Å². The Morgan fingerprint density at radius 2 is 1.81 bits per heavy atom. The lowest BCUT2D eigenvalue weighted by atomic mass is 10.1. The number of nitrogens with one attached hydrogen (secondary N) is 1. The molecule has 0 unspecified atom stereocenters. The van der Waals surface area contributed by atoms with Crippen LogP contribution < -0.4 is 16.6 Å². The summed E-state index contributed by atoms with van der Waals surface area (Å²) in [6.07, 6.45) is 6.28. The van der Waals surface area contributed by atoms with E-state index in [4.69, 9.17) is 0 Å². The molecule has 27 heavy (non-hydrogen) atoms. The minimum absolute atomic E-state index is 0.311. The Labute approximate surface area is 157 Å². The van der Waals surface area contributed by atoms with Gasteiger partial charge in [0.05, 0.1) is 12.9 Å². The summed E-state index contributed by atoms with van der Waals surface area (Å²) in [4.78, 5) is 28.8. The zero-order valence-electron chi connectivity index (χ0n) is 16.0. The van der Waals surface area contributed by atoms with E-state index in [1.807, 2.05) is 24.6 Å². The molecule has 0 amide bonds. The van der Waals surface area contributed by atoms with Crippen LogP contribution in [0.3, 0.4) is 0 Å². The monoisotopic (exact) mass is 367 g/mol. The third kappa shape index (κ3) is 4.55. The summed E-state index contributed by atoms with van der Waals surface area (Å²) in [7, 11) is 1.51. The molecule has 142 valence electrons. The number of benzene rings is 1. The maximum atomic E-state index is 12.7. The fourth-order valence-corrected chi connectivity index (χ4v) is 3.21. The standard InChI is InChI=1S/C20H25N5O2/c1-15-9-16(2)11-17(10-15)13-25-18(12-19(26)23(3)20(25)27)22-5-4-7-24-8-6-21-14-24/h6,8-12,14,22H,4-5,7,13H2,1-3H3. The largest absolute Gasteiger partial charge is 0.371 e. The van der Waals surface area contributed by atoms with Gasteiger partial charge < -0.3 is 9.88 Å². The number of aromatic nitrogens is 4. The molecule has 1 N–H and O–H groups in total. The van der Waals surface area contributed by atoms with E-state index in [9.17, 15) is 9.59 Å². The van der Waals surface area contributed by atoms with Crippen molar-refractivity contribution in [3.63, 3.8) is 0 Å². The first-order chi connectivity index (χ1) is 12.9. The number of anilines is 1. The van der Waals surface area contributed by atoms with E-state index in [1.54, 1.807) is 17.1 Å². The normalized spacial score (nSPS) is 10.9. The van der Waals surface area contributed by atoms with Gasteiger partial charge in [-0.1, -0.05) is 29.3 Å². The first kappa shape index (κ1) is 18.7. The molecule has 3 aromatic rings. The fraction of sp³-hybridized carbons (Fsp3) is 0.350. The Kier molecular flexibility index (Phi) is 5.59. The van der Waals surface area contributed by atoms with Gasteiger partial charge in [0, 0.05) is 38.6 Å². The van der Waals surface area contributed by atoms with Crippen LogP contribution in [0.25, 0.3) is 0 Å². The lowest BCUT2D eigenvalue weighted by Gasteiger charge is -2.16. The minimum Gasteiger partial charge on any atom is -0.371 e. The van der Waals surface area contributed by atoms with Crippen LogP contribution in [0.1, 0.15) is 23.1 Å². The lowest BCUT2D eigenvalue weighted by Crippen LogP contribution is -2.39. The van der Waals surface area contributed by atoms with Crippen molar-refractivity contribution in [1.82, 2.24) is 18.7 Å². The van der Waals surface area contributed by atoms with E-state index in [0.717, 1.165) is 34.2 Å². The van der Waals surface area contributed by atoms with Gasteiger partial charge in [0.1, 0.15) is 5.82 Å². The van der Waals surface area contributed by atoms with Gasteiger partial charge in [-0.25, -0.2) is 9.78 Å². The van der Waals surface area contributed by atoms with Crippen molar-refractivity contribution in [2.45, 2.75) is 33.4 Å². The Hall–Kier alpha value is -3.09. The Balaban J connectivity index is 1.81. The molecule has 0 fully saturated rings. The minimum atomic E-state index is -0.321. The van der Waals surface area contributed by atoms with Gasteiger partial charge in [-0.05, 0) is 25.8 Å². The number of rotatable bonds is 7. The fourth-order valence-electron chi connectivity index (χ4n) is 3.21. The summed E-state index contributed by atoms with van der Waals surface area (Å²) >= 11 is 0. The average molecular weight is 367 g/mol. The van der Waals surface area contributed by atoms with E-state index in [0.29, 0.717) is 18.9 Å². The van der Waals surface area contributed by atoms with Crippen molar-refractivity contribution in [1.29, 1.82) is 0 Å². The Morgan fingerprint density at radius 1 is 1.07 bits per heavy atom. The summed E-state index contributed by atoms with van der Waals surface area (Å²) in [6.45, 7) is 5.96. The van der Waals surface area contributed by atoms with E-state index in [1.165, 1.54) is 13.1 Å². The molecule has 0 spiro atoms. The number of aryl methyl sites for hydroxylation is 3. The van der Waals surface area contributed by atoms with Crippen LogP contribution in [0.2, 0.25) is 0 Å². The maximum absolute atomic E-state index is 12.7. The highest BCUT2D eigenvalue weighted by Gasteiger charge is 2.10. The smallest absolute Gasteiger partial charge is 0.332 e. The second kappa shape index (κ2) is 8.07. The molecule has 2 heterocycles. The molecule has 0 aliphatic rings. The second-order valence-electron chi connectivity index (χ2n) is 6.87. The molecule has 7 nitrogen and oxygen atoms in total. The van der Waals surface area contributed by atoms with Crippen molar-refractivity contribution >= 4 is 5.82 Å². The lowest BCUT2D eigenvalue weighted by molar-refractivity contribution is 0.635. The molecular formula is C20H25N5O2. The summed E-state index contributed by atoms with van der Waals surface area (Å²) in [5, 5.41) is 3.25. The van der Waals surface area contributed by atoms with Crippen LogP contribution >= 0.6 is 0 Å². The third-order valence-electron chi connectivity index (χ3n) is 4.48. The number of imidazole rings is 1. The second-order valence-corrected chi connectivity index (χ2v) is 6.87. The summed E-state index contributed by atoms with van der Waals surface area (Å²) in [5.74, 6) is 0.549. The van der Waals surface area contributed by atoms with E-state index < -0.39 is 0 Å². The van der Waals surface area contributed by atoms with Gasteiger partial charge in [0.2, 0.25) is 0 Å². The summed E-state index contributed by atoms with van der Waals surface area (Å²) < 4.78 is 4.75. The maximum Gasteiger partial charge on any atom is 0.332 e. The molecule has 7 heteroatoms. The van der Waals surface area contributed by atoms with Crippen molar-refractivity contribution in [3.05, 3.63) is 80.5 Å². The van der Waals surface area contributed by atoms with Gasteiger partial charge in [0.25, 0.3) is 5.56 Å². The van der Waals surface area contributed by atoms with Crippen LogP contribution in [0.5, 0.6) is 0 Å². The molecule has 0 bridgehead atoms. The molecule has 0 saturated carbocycles. The predicted molar refractivity (Wildman–Crippen MR) is 106 cm³/mol. The van der Waals surface area contributed by atoms with E-state index in [-0.39, 0.29) is 11.2 Å². The molecule has 3 rings (SSSR count). The molecule has 0 aliphatic carbocycles. The number of hydrogen-bond donors (Lipinski definition) is 1. The molecule has 0 radical (unpaired) electrons. The number of nitrogens with zero attached hydrogens (tertiary/aromatic N) is 4. The zero-order chi connectivity index (χ0) is 19.4. The highest BCUT2D eigenvalue weighted by Crippen LogP contribution is 2.12. The average Bonchev–Trinajstić information content (AvgIpc) is 3.12. The SMILES string of the molecule is Cc1cc(C)cc(Cn2c(NCCCn3ccnc3)cc(=O)n(C)c2=O)c1. The van der Waals surface area contributed by atoms with Crippen LogP contribution in [0.15, 0.2) is 52.6 Å². The van der Waals surface area contributed by atoms with Crippen molar-refractivity contribution < 1.29 is 0 Å². The third-order valence-corrected chi connectivity index (χ3v) is 4.48. The Bertz CT molecular complexity index is 1010. The van der Waals surface area contributed by atoms with Crippen molar-refractivity contribution in [2.75, 3.05) is 11.9 Å². The Morgan fingerprint density at radius 3 is 2.48 bits per heavy atom. The van der Waals surface area contributed by atoms with Gasteiger partial charge >= 0.3 is 5.69 Å². The van der Waals surface area contributed by atoms with Crippen molar-refractivity contribution in [2.24, 2.45) is 7.05 Å². The highest BCUT2D eigenvalue weighted by molar-refractivity contribution is 5.36. The van der Waals surface area contributed by atoms with Gasteiger partial charge in [0.15, 0.2) is 0 Å².